The van der Waals surface area contributed by atoms with E-state index in [-0.39, 0.29) is 89.7 Å². The minimum absolute atomic E-state index is 0.116. The topological polar surface area (TPSA) is 49.4 Å². The van der Waals surface area contributed by atoms with Crippen LogP contribution in [0.5, 0.6) is 0 Å². The van der Waals surface area contributed by atoms with Crippen molar-refractivity contribution in [3.63, 3.8) is 0 Å². The van der Waals surface area contributed by atoms with Crippen molar-refractivity contribution in [2.45, 2.75) is 75.1 Å². The number of nitrogens with one attached hydrogen (secondary N) is 1. The Morgan fingerprint density at radius 3 is 1.44 bits per heavy atom. The molecule has 0 atom stereocenters. The quantitative estimate of drug-likeness (QED) is 0.190. The highest BCUT2D eigenvalue weighted by molar-refractivity contribution is 9.09. The number of rotatable bonds is 7. The largest absolute Gasteiger partial charge is 0.308 e. The van der Waals surface area contributed by atoms with Gasteiger partial charge in [0.05, 0.1) is 16.5 Å². The van der Waals surface area contributed by atoms with Gasteiger partial charge in [0.15, 0.2) is 0 Å². The first kappa shape index (κ1) is 45.3. The standard InChI is InChI=1S/C15H13F2NO2S.C8H6Br2F2.C8H9F2N.C8H12F2/c1-10-2-4-11(5-3-10)21(19,20)18-8-12-13(9-18)15(17)7-6-14(12)16;9-3-5-6(4-10)8(12)2-1-7(5)11;9-7-1-2-8(10)6-4-11-3-5(6)7;1-3-7(9)5-6-8(10)4-2/h2-7H,8-9H2,1H3;1-2H,3-4H2;11H,1-4H2;3-4H,5-6H2,1-2H3/b;;;7-3-,8-4-. The van der Waals surface area contributed by atoms with Crippen LogP contribution < -0.4 is 5.32 Å². The molecule has 0 saturated carbocycles. The minimum atomic E-state index is -3.76. The molecule has 2 heterocycles. The maximum atomic E-state index is 13.7. The van der Waals surface area contributed by atoms with E-state index in [9.17, 15) is 43.5 Å². The zero-order chi connectivity index (χ0) is 40.2. The number of alkyl halides is 2. The summed E-state index contributed by atoms with van der Waals surface area (Å²) in [6.07, 6.45) is 3.53. The van der Waals surface area contributed by atoms with E-state index in [4.69, 9.17) is 0 Å². The van der Waals surface area contributed by atoms with Crippen LogP contribution in [-0.2, 0) is 33.8 Å². The van der Waals surface area contributed by atoms with Crippen LogP contribution in [0, 0.1) is 30.2 Å². The molecule has 3 aromatic rings. The van der Waals surface area contributed by atoms with Crippen molar-refractivity contribution in [2.75, 3.05) is 13.1 Å². The lowest BCUT2D eigenvalue weighted by Crippen LogP contribution is -2.25. The molecule has 1 fully saturated rings. The van der Waals surface area contributed by atoms with Gasteiger partial charge in [-0.2, -0.15) is 4.31 Å². The molecule has 2 aliphatic heterocycles. The van der Waals surface area contributed by atoms with Crippen LogP contribution >= 0.6 is 31.9 Å². The number of allylic oxidation sites excluding steroid dienone is 6. The van der Waals surface area contributed by atoms with Gasteiger partial charge in [-0.1, -0.05) is 61.7 Å². The zero-order valence-electron chi connectivity index (χ0n) is 29.8. The van der Waals surface area contributed by atoms with E-state index in [0.29, 0.717) is 46.0 Å². The Labute approximate surface area is 328 Å². The van der Waals surface area contributed by atoms with Gasteiger partial charge in [0.2, 0.25) is 10.0 Å². The molecule has 294 valence electrons. The predicted molar refractivity (Wildman–Crippen MR) is 203 cm³/mol. The fraction of sp³-hybridized carbons (Fsp3) is 0.333. The first-order chi connectivity index (χ1) is 25.6. The Kier molecular flexibility index (Phi) is 17.8. The van der Waals surface area contributed by atoms with E-state index in [1.54, 1.807) is 26.0 Å². The van der Waals surface area contributed by atoms with Crippen molar-refractivity contribution >= 4 is 41.9 Å². The van der Waals surface area contributed by atoms with Crippen LogP contribution in [0.1, 0.15) is 67.3 Å². The summed E-state index contributed by atoms with van der Waals surface area (Å²) in [6, 6.07) is 10.7. The van der Waals surface area contributed by atoms with E-state index in [2.05, 4.69) is 37.2 Å². The first-order valence-corrected chi connectivity index (χ1v) is 20.4. The van der Waals surface area contributed by atoms with Crippen LogP contribution in [0.15, 0.2) is 100 Å². The number of hydrogen-bond donors (Lipinski definition) is 1. The van der Waals surface area contributed by atoms with Crippen LogP contribution in [0.3, 0.4) is 0 Å². The van der Waals surface area contributed by atoms with Crippen LogP contribution in [0.25, 0.3) is 0 Å². The van der Waals surface area contributed by atoms with E-state index in [1.165, 1.54) is 24.3 Å². The van der Waals surface area contributed by atoms with E-state index in [1.807, 2.05) is 6.92 Å². The van der Waals surface area contributed by atoms with Crippen molar-refractivity contribution in [1.29, 1.82) is 0 Å². The van der Waals surface area contributed by atoms with Gasteiger partial charge in [0.1, 0.15) is 34.9 Å². The van der Waals surface area contributed by atoms with Crippen LogP contribution in [-0.4, -0.2) is 25.8 Å². The van der Waals surface area contributed by atoms with Crippen molar-refractivity contribution in [2.24, 2.45) is 0 Å². The zero-order valence-corrected chi connectivity index (χ0v) is 33.8. The molecule has 0 aromatic heterocycles. The molecule has 3 aliphatic rings. The molecule has 15 heteroatoms. The number of halogens is 10. The molecule has 1 aliphatic carbocycles. The van der Waals surface area contributed by atoms with Gasteiger partial charge >= 0.3 is 0 Å². The number of aryl methyl sites for hydroxylation is 1. The molecule has 6 rings (SSSR count). The maximum absolute atomic E-state index is 13.7. The Bertz CT molecular complexity index is 1910. The van der Waals surface area contributed by atoms with Crippen molar-refractivity contribution < 1.29 is 43.5 Å². The lowest BCUT2D eigenvalue weighted by atomic mass is 9.99. The Morgan fingerprint density at radius 1 is 0.685 bits per heavy atom. The molecule has 0 unspecified atom stereocenters. The molecule has 0 radical (unpaired) electrons. The van der Waals surface area contributed by atoms with Crippen molar-refractivity contribution in [1.82, 2.24) is 9.62 Å². The average molecular weight is 913 g/mol. The van der Waals surface area contributed by atoms with Gasteiger partial charge in [-0.25, -0.2) is 43.5 Å². The third-order valence-electron chi connectivity index (χ3n) is 8.64. The molecule has 0 bridgehead atoms. The van der Waals surface area contributed by atoms with Gasteiger partial charge < -0.3 is 5.32 Å². The van der Waals surface area contributed by atoms with Crippen molar-refractivity contribution in [3.8, 4) is 0 Å². The summed E-state index contributed by atoms with van der Waals surface area (Å²) >= 11 is 6.21. The molecule has 1 saturated heterocycles. The number of nitrogens with zero attached hydrogens (tertiary/aromatic N) is 1. The highest BCUT2D eigenvalue weighted by atomic mass is 79.9. The fourth-order valence-corrected chi connectivity index (χ4v) is 8.02. The normalized spacial score (nSPS) is 15.8. The molecule has 0 amide bonds. The van der Waals surface area contributed by atoms with Gasteiger partial charge in [0, 0.05) is 95.9 Å². The fourth-order valence-electron chi connectivity index (χ4n) is 5.43. The summed E-state index contributed by atoms with van der Waals surface area (Å²) in [6.45, 7) is 5.76. The summed E-state index contributed by atoms with van der Waals surface area (Å²) in [5, 5.41) is 3.59. The predicted octanol–water partition coefficient (Wildman–Crippen LogP) is 12.1. The molecule has 54 heavy (non-hydrogen) atoms. The third-order valence-corrected chi connectivity index (χ3v) is 11.6. The molecule has 0 spiro atoms. The Morgan fingerprint density at radius 2 is 1.07 bits per heavy atom. The molecule has 4 nitrogen and oxygen atoms in total. The molecular formula is C39H40Br2F8N2O2S. The third kappa shape index (κ3) is 11.9. The van der Waals surface area contributed by atoms with Gasteiger partial charge in [0.25, 0.3) is 0 Å². The Balaban J connectivity index is 0.000000205. The van der Waals surface area contributed by atoms with Gasteiger partial charge in [-0.15, -0.1) is 0 Å². The van der Waals surface area contributed by atoms with E-state index >= 15 is 0 Å². The average Bonchev–Trinajstić information content (AvgIpc) is 3.86. The molecule has 3 aromatic carbocycles. The summed E-state index contributed by atoms with van der Waals surface area (Å²) in [5.74, 6) is -2.67. The smallest absolute Gasteiger partial charge is 0.243 e. The SMILES string of the molecule is C/C=C(\F)CC/C(F)=C/C.Cc1ccc(S(=O)(=O)N2Cc3c(F)ccc(F)c3C2)cc1.FC1=C2CNCC2=C(F)CC1.Fc1ccc(F)c(CBr)c1CBr. The maximum Gasteiger partial charge on any atom is 0.243 e. The lowest BCUT2D eigenvalue weighted by molar-refractivity contribution is 0.425. The van der Waals surface area contributed by atoms with Gasteiger partial charge in [-0.3, -0.25) is 0 Å². The van der Waals surface area contributed by atoms with Crippen molar-refractivity contribution in [3.05, 3.63) is 146 Å². The minimum Gasteiger partial charge on any atom is -0.308 e. The summed E-state index contributed by atoms with van der Waals surface area (Å²) in [7, 11) is -3.76. The number of fused-ring (bicyclic) bond motifs is 2. The monoisotopic (exact) mass is 910 g/mol. The van der Waals surface area contributed by atoms with E-state index in [0.717, 1.165) is 34.1 Å². The second kappa shape index (κ2) is 21.3. The second-order valence-electron chi connectivity index (χ2n) is 12.2. The molecule has 1 N–H and O–H groups in total. The van der Waals surface area contributed by atoms with Crippen LogP contribution in [0.2, 0.25) is 0 Å². The van der Waals surface area contributed by atoms with Gasteiger partial charge in [-0.05, 0) is 57.2 Å². The first-order valence-electron chi connectivity index (χ1n) is 16.8. The number of hydrogen-bond acceptors (Lipinski definition) is 3. The van der Waals surface area contributed by atoms with E-state index < -0.39 is 21.7 Å². The highest BCUT2D eigenvalue weighted by Gasteiger charge is 2.34. The summed E-state index contributed by atoms with van der Waals surface area (Å²) < 4.78 is 130. The van der Waals surface area contributed by atoms with Crippen LogP contribution in [0.4, 0.5) is 35.1 Å². The summed E-state index contributed by atoms with van der Waals surface area (Å²) in [5.41, 5.74) is 3.06. The molecular weight excluding hydrogens is 872 g/mol. The Hall–Kier alpha value is -3.11. The highest BCUT2D eigenvalue weighted by Crippen LogP contribution is 2.34. The number of benzene rings is 3. The lowest BCUT2D eigenvalue weighted by Gasteiger charge is -2.15. The number of sulfonamides is 1. The summed E-state index contributed by atoms with van der Waals surface area (Å²) in [4.78, 5) is 0.127. The second-order valence-corrected chi connectivity index (χ2v) is 15.2.